The first kappa shape index (κ1) is 12.4. The van der Waals surface area contributed by atoms with Crippen molar-refractivity contribution in [3.8, 4) is 0 Å². The van der Waals surface area contributed by atoms with Gasteiger partial charge in [0.15, 0.2) is 0 Å². The molecule has 78 valence electrons. The minimum atomic E-state index is -0.211. The lowest BCUT2D eigenvalue weighted by Crippen LogP contribution is -2.30. The Hall–Kier alpha value is -0.610. The SMILES string of the molecule is CC(=O)NCCNCCCC(C)O. The predicted octanol–water partition coefficient (Wildman–Crippen LogP) is -0.127. The van der Waals surface area contributed by atoms with Crippen LogP contribution in [0.15, 0.2) is 0 Å². The highest BCUT2D eigenvalue weighted by Crippen LogP contribution is 1.92. The van der Waals surface area contributed by atoms with Crippen molar-refractivity contribution in [2.75, 3.05) is 19.6 Å². The summed E-state index contributed by atoms with van der Waals surface area (Å²) in [6, 6.07) is 0. The number of amides is 1. The van der Waals surface area contributed by atoms with Crippen molar-refractivity contribution in [2.24, 2.45) is 0 Å². The highest BCUT2D eigenvalue weighted by Gasteiger charge is 1.94. The number of nitrogens with one attached hydrogen (secondary N) is 2. The molecule has 4 heteroatoms. The number of hydrogen-bond donors (Lipinski definition) is 3. The zero-order valence-corrected chi connectivity index (χ0v) is 8.47. The van der Waals surface area contributed by atoms with Crippen molar-refractivity contribution < 1.29 is 9.90 Å². The second kappa shape index (κ2) is 8.01. The molecule has 0 aliphatic heterocycles. The fraction of sp³-hybridized carbons (Fsp3) is 0.889. The summed E-state index contributed by atoms with van der Waals surface area (Å²) in [5, 5.41) is 14.8. The molecule has 0 aromatic heterocycles. The van der Waals surface area contributed by atoms with Crippen LogP contribution < -0.4 is 10.6 Å². The molecule has 0 rings (SSSR count). The van der Waals surface area contributed by atoms with E-state index in [-0.39, 0.29) is 12.0 Å². The quantitative estimate of drug-likeness (QED) is 0.488. The van der Waals surface area contributed by atoms with E-state index in [1.807, 2.05) is 0 Å². The molecule has 0 radical (unpaired) electrons. The van der Waals surface area contributed by atoms with Crippen LogP contribution in [0, 0.1) is 0 Å². The largest absolute Gasteiger partial charge is 0.393 e. The van der Waals surface area contributed by atoms with E-state index in [1.54, 1.807) is 6.92 Å². The Morgan fingerprint density at radius 2 is 2.08 bits per heavy atom. The summed E-state index contributed by atoms with van der Waals surface area (Å²) in [5.41, 5.74) is 0. The van der Waals surface area contributed by atoms with E-state index in [9.17, 15) is 4.79 Å². The molecule has 1 atom stereocenters. The van der Waals surface area contributed by atoms with Gasteiger partial charge in [0.2, 0.25) is 5.91 Å². The molecule has 0 fully saturated rings. The van der Waals surface area contributed by atoms with Gasteiger partial charge in [0.05, 0.1) is 6.10 Å². The first-order valence-corrected chi connectivity index (χ1v) is 4.76. The van der Waals surface area contributed by atoms with Gasteiger partial charge in [-0.1, -0.05) is 0 Å². The molecule has 1 amide bonds. The standard InChI is InChI=1S/C9H20N2O2/c1-8(12)4-3-5-10-6-7-11-9(2)13/h8,10,12H,3-7H2,1-2H3,(H,11,13). The average molecular weight is 188 g/mol. The Bertz CT molecular complexity index is 138. The monoisotopic (exact) mass is 188 g/mol. The first-order chi connectivity index (χ1) is 6.13. The van der Waals surface area contributed by atoms with Crippen LogP contribution in [-0.4, -0.2) is 36.8 Å². The Labute approximate surface area is 79.7 Å². The van der Waals surface area contributed by atoms with Gasteiger partial charge in [0, 0.05) is 20.0 Å². The van der Waals surface area contributed by atoms with E-state index >= 15 is 0 Å². The van der Waals surface area contributed by atoms with Crippen LogP contribution in [0.2, 0.25) is 0 Å². The number of hydrogen-bond acceptors (Lipinski definition) is 3. The molecule has 13 heavy (non-hydrogen) atoms. The highest BCUT2D eigenvalue weighted by molar-refractivity contribution is 5.72. The molecule has 0 aliphatic carbocycles. The van der Waals surface area contributed by atoms with Crippen molar-refractivity contribution >= 4 is 5.91 Å². The molecule has 0 spiro atoms. The van der Waals surface area contributed by atoms with Gasteiger partial charge in [-0.25, -0.2) is 0 Å². The second-order valence-electron chi connectivity index (χ2n) is 3.22. The van der Waals surface area contributed by atoms with Gasteiger partial charge in [0.25, 0.3) is 0 Å². The second-order valence-corrected chi connectivity index (χ2v) is 3.22. The van der Waals surface area contributed by atoms with Crippen molar-refractivity contribution in [3.63, 3.8) is 0 Å². The van der Waals surface area contributed by atoms with E-state index in [0.29, 0.717) is 6.54 Å². The minimum Gasteiger partial charge on any atom is -0.393 e. The van der Waals surface area contributed by atoms with Gasteiger partial charge in [0.1, 0.15) is 0 Å². The molecular weight excluding hydrogens is 168 g/mol. The van der Waals surface area contributed by atoms with Crippen LogP contribution in [0.25, 0.3) is 0 Å². The zero-order chi connectivity index (χ0) is 10.1. The van der Waals surface area contributed by atoms with Crippen molar-refractivity contribution in [3.05, 3.63) is 0 Å². The van der Waals surface area contributed by atoms with Crippen LogP contribution in [0.1, 0.15) is 26.7 Å². The van der Waals surface area contributed by atoms with Crippen molar-refractivity contribution in [2.45, 2.75) is 32.8 Å². The summed E-state index contributed by atoms with van der Waals surface area (Å²) in [4.78, 5) is 10.4. The Morgan fingerprint density at radius 1 is 1.38 bits per heavy atom. The summed E-state index contributed by atoms with van der Waals surface area (Å²) in [5.74, 6) is 0.00535. The number of rotatable bonds is 7. The van der Waals surface area contributed by atoms with Gasteiger partial charge in [-0.15, -0.1) is 0 Å². The van der Waals surface area contributed by atoms with E-state index in [1.165, 1.54) is 6.92 Å². The van der Waals surface area contributed by atoms with Gasteiger partial charge in [-0.2, -0.15) is 0 Å². The van der Waals surface area contributed by atoms with Crippen LogP contribution in [-0.2, 0) is 4.79 Å². The maximum Gasteiger partial charge on any atom is 0.216 e. The third kappa shape index (κ3) is 11.4. The highest BCUT2D eigenvalue weighted by atomic mass is 16.3. The van der Waals surface area contributed by atoms with Gasteiger partial charge in [-0.3, -0.25) is 4.79 Å². The first-order valence-electron chi connectivity index (χ1n) is 4.76. The summed E-state index contributed by atoms with van der Waals surface area (Å²) in [7, 11) is 0. The lowest BCUT2D eigenvalue weighted by Gasteiger charge is -2.06. The molecule has 0 saturated heterocycles. The Kier molecular flexibility index (Phi) is 7.63. The molecule has 0 heterocycles. The molecule has 0 bridgehead atoms. The third-order valence-corrected chi connectivity index (χ3v) is 1.65. The number of carbonyl (C=O) groups excluding carboxylic acids is 1. The van der Waals surface area contributed by atoms with Crippen molar-refractivity contribution in [1.82, 2.24) is 10.6 Å². The van der Waals surface area contributed by atoms with Crippen LogP contribution >= 0.6 is 0 Å². The summed E-state index contributed by atoms with van der Waals surface area (Å²) < 4.78 is 0. The minimum absolute atomic E-state index is 0.00535. The smallest absolute Gasteiger partial charge is 0.216 e. The predicted molar refractivity (Wildman–Crippen MR) is 52.5 cm³/mol. The summed E-state index contributed by atoms with van der Waals surface area (Å²) in [6.07, 6.45) is 1.59. The van der Waals surface area contributed by atoms with Gasteiger partial charge in [-0.05, 0) is 26.3 Å². The molecular formula is C9H20N2O2. The Balaban J connectivity index is 2.96. The fourth-order valence-electron chi connectivity index (χ4n) is 0.974. The molecule has 0 saturated carbocycles. The molecule has 0 aromatic rings. The topological polar surface area (TPSA) is 61.4 Å². The summed E-state index contributed by atoms with van der Waals surface area (Å²) in [6.45, 7) is 5.65. The van der Waals surface area contributed by atoms with E-state index in [0.717, 1.165) is 25.9 Å². The Morgan fingerprint density at radius 3 is 2.62 bits per heavy atom. The van der Waals surface area contributed by atoms with E-state index in [2.05, 4.69) is 10.6 Å². The molecule has 1 unspecified atom stereocenters. The molecule has 0 aliphatic rings. The van der Waals surface area contributed by atoms with Gasteiger partial charge < -0.3 is 15.7 Å². The average Bonchev–Trinajstić information content (AvgIpc) is 2.01. The lowest BCUT2D eigenvalue weighted by molar-refractivity contribution is -0.118. The number of aliphatic hydroxyl groups excluding tert-OH is 1. The fourth-order valence-corrected chi connectivity index (χ4v) is 0.974. The normalized spacial score (nSPS) is 12.5. The van der Waals surface area contributed by atoms with E-state index < -0.39 is 0 Å². The van der Waals surface area contributed by atoms with Crippen LogP contribution in [0.5, 0.6) is 0 Å². The molecule has 4 nitrogen and oxygen atoms in total. The van der Waals surface area contributed by atoms with Crippen molar-refractivity contribution in [1.29, 1.82) is 0 Å². The summed E-state index contributed by atoms with van der Waals surface area (Å²) >= 11 is 0. The maximum absolute atomic E-state index is 10.4. The lowest BCUT2D eigenvalue weighted by atomic mass is 10.2. The third-order valence-electron chi connectivity index (χ3n) is 1.65. The number of aliphatic hydroxyl groups is 1. The van der Waals surface area contributed by atoms with E-state index in [4.69, 9.17) is 5.11 Å². The maximum atomic E-state index is 10.4. The van der Waals surface area contributed by atoms with Crippen LogP contribution in [0.3, 0.4) is 0 Å². The van der Waals surface area contributed by atoms with Crippen LogP contribution in [0.4, 0.5) is 0 Å². The molecule has 0 aromatic carbocycles. The molecule has 3 N–H and O–H groups in total. The number of carbonyl (C=O) groups is 1. The zero-order valence-electron chi connectivity index (χ0n) is 8.47. The van der Waals surface area contributed by atoms with Gasteiger partial charge >= 0.3 is 0 Å².